The molecule has 0 fully saturated rings. The Labute approximate surface area is 81.8 Å². The van der Waals surface area contributed by atoms with Crippen LogP contribution in [-0.2, 0) is 0 Å². The highest BCUT2D eigenvalue weighted by Crippen LogP contribution is 2.13. The second-order valence-electron chi connectivity index (χ2n) is 3.54. The Balaban J connectivity index is 4.15. The van der Waals surface area contributed by atoms with Gasteiger partial charge >= 0.3 is 0 Å². The van der Waals surface area contributed by atoms with Crippen LogP contribution >= 0.6 is 0 Å². The highest BCUT2D eigenvalue weighted by Gasteiger charge is 1.97. The molecule has 1 heteroatoms. The van der Waals surface area contributed by atoms with Gasteiger partial charge in [-0.3, -0.25) is 0 Å². The fraction of sp³-hybridized carbons (Fsp3) is 0.583. The van der Waals surface area contributed by atoms with Crippen molar-refractivity contribution in [3.63, 3.8) is 0 Å². The number of rotatable bonds is 4. The molecule has 0 unspecified atom stereocenters. The predicted octanol–water partition coefficient (Wildman–Crippen LogP) is 3.98. The summed E-state index contributed by atoms with van der Waals surface area (Å²) in [7, 11) is 0. The van der Waals surface area contributed by atoms with Gasteiger partial charge in [-0.25, -0.2) is 0 Å². The number of hydrogen-bond donors (Lipinski definition) is 0. The zero-order chi connectivity index (χ0) is 10.3. The maximum Gasteiger partial charge on any atom is 0.0946 e. The maximum atomic E-state index is 8.78. The van der Waals surface area contributed by atoms with Gasteiger partial charge in [-0.05, 0) is 40.0 Å². The number of nitrogens with zero attached hydrogens (tertiary/aromatic N) is 1. The third kappa shape index (κ3) is 5.25. The van der Waals surface area contributed by atoms with Crippen molar-refractivity contribution in [2.75, 3.05) is 0 Å². The Morgan fingerprint density at radius 2 is 1.92 bits per heavy atom. The van der Waals surface area contributed by atoms with Gasteiger partial charge in [0.1, 0.15) is 0 Å². The smallest absolute Gasteiger partial charge is 0.0946 e. The van der Waals surface area contributed by atoms with E-state index in [1.807, 2.05) is 6.92 Å². The number of allylic oxidation sites excluding steroid dienone is 4. The Morgan fingerprint density at radius 1 is 1.31 bits per heavy atom. The minimum atomic E-state index is 0.858. The first kappa shape index (κ1) is 12.0. The predicted molar refractivity (Wildman–Crippen MR) is 57.3 cm³/mol. The summed E-state index contributed by atoms with van der Waals surface area (Å²) in [6.45, 7) is 8.29. The van der Waals surface area contributed by atoms with Crippen LogP contribution in [0.4, 0.5) is 0 Å². The van der Waals surface area contributed by atoms with Gasteiger partial charge < -0.3 is 0 Å². The fourth-order valence-corrected chi connectivity index (χ4v) is 1.20. The Hall–Kier alpha value is -1.03. The lowest BCUT2D eigenvalue weighted by Crippen LogP contribution is -1.84. The first-order valence-corrected chi connectivity index (χ1v) is 4.83. The molecule has 0 N–H and O–H groups in total. The van der Waals surface area contributed by atoms with Gasteiger partial charge in [0.25, 0.3) is 0 Å². The molecule has 1 nitrogen and oxygen atoms in total. The van der Waals surface area contributed by atoms with Crippen molar-refractivity contribution in [2.45, 2.75) is 47.0 Å². The number of nitriles is 1. The van der Waals surface area contributed by atoms with E-state index in [1.54, 1.807) is 0 Å². The molecule has 0 aliphatic heterocycles. The van der Waals surface area contributed by atoms with E-state index in [0.29, 0.717) is 0 Å². The van der Waals surface area contributed by atoms with Gasteiger partial charge in [0.15, 0.2) is 0 Å². The van der Waals surface area contributed by atoms with Crippen LogP contribution in [-0.4, -0.2) is 0 Å². The molecule has 0 aliphatic carbocycles. The summed E-state index contributed by atoms with van der Waals surface area (Å²) >= 11 is 0. The molecule has 0 radical (unpaired) electrons. The standard InChI is InChI=1S/C12H19N/c1-5-12(9-13)11(4)8-6-7-10(2)3/h7H,5-6,8H2,1-4H3. The van der Waals surface area contributed by atoms with Crippen LogP contribution < -0.4 is 0 Å². The summed E-state index contributed by atoms with van der Waals surface area (Å²) in [5.41, 5.74) is 3.53. The van der Waals surface area contributed by atoms with Crippen molar-refractivity contribution in [3.05, 3.63) is 22.8 Å². The molecule has 0 amide bonds. The second-order valence-corrected chi connectivity index (χ2v) is 3.54. The zero-order valence-electron chi connectivity index (χ0n) is 9.15. The van der Waals surface area contributed by atoms with E-state index < -0.39 is 0 Å². The molecule has 0 atom stereocenters. The quantitative estimate of drug-likeness (QED) is 0.470. The minimum absolute atomic E-state index is 0.858. The molecule has 72 valence electrons. The molecular formula is C12H19N. The normalized spacial score (nSPS) is 11.6. The van der Waals surface area contributed by atoms with Crippen molar-refractivity contribution >= 4 is 0 Å². The third-order valence-corrected chi connectivity index (χ3v) is 2.08. The summed E-state index contributed by atoms with van der Waals surface area (Å²) in [5.74, 6) is 0. The summed E-state index contributed by atoms with van der Waals surface area (Å²) in [4.78, 5) is 0. The first-order chi connectivity index (χ1) is 6.11. The SMILES string of the molecule is CCC(C#N)=C(C)CCC=C(C)C. The van der Waals surface area contributed by atoms with Crippen LogP contribution in [0, 0.1) is 11.3 Å². The molecule has 0 spiro atoms. The van der Waals surface area contributed by atoms with Crippen LogP contribution in [0.3, 0.4) is 0 Å². The van der Waals surface area contributed by atoms with E-state index in [2.05, 4.69) is 32.9 Å². The van der Waals surface area contributed by atoms with Crippen LogP contribution in [0.25, 0.3) is 0 Å². The molecule has 0 rings (SSSR count). The van der Waals surface area contributed by atoms with E-state index in [1.165, 1.54) is 11.1 Å². The summed E-state index contributed by atoms with van der Waals surface area (Å²) in [5, 5.41) is 8.78. The Morgan fingerprint density at radius 3 is 2.31 bits per heavy atom. The van der Waals surface area contributed by atoms with Gasteiger partial charge in [-0.1, -0.05) is 24.1 Å². The largest absolute Gasteiger partial charge is 0.193 e. The van der Waals surface area contributed by atoms with Gasteiger partial charge in [0, 0.05) is 5.57 Å². The lowest BCUT2D eigenvalue weighted by molar-refractivity contribution is 0.935. The third-order valence-electron chi connectivity index (χ3n) is 2.08. The molecule has 0 aliphatic rings. The van der Waals surface area contributed by atoms with Crippen LogP contribution in [0.15, 0.2) is 22.8 Å². The topological polar surface area (TPSA) is 23.8 Å². The van der Waals surface area contributed by atoms with Crippen molar-refractivity contribution in [2.24, 2.45) is 0 Å². The monoisotopic (exact) mass is 177 g/mol. The highest BCUT2D eigenvalue weighted by molar-refractivity contribution is 5.26. The van der Waals surface area contributed by atoms with E-state index in [0.717, 1.165) is 24.8 Å². The van der Waals surface area contributed by atoms with Crippen molar-refractivity contribution < 1.29 is 0 Å². The molecule has 0 heterocycles. The molecular weight excluding hydrogens is 158 g/mol. The van der Waals surface area contributed by atoms with Crippen molar-refractivity contribution in [1.82, 2.24) is 0 Å². The van der Waals surface area contributed by atoms with Crippen LogP contribution in [0.2, 0.25) is 0 Å². The van der Waals surface area contributed by atoms with Gasteiger partial charge in [0.05, 0.1) is 6.07 Å². The zero-order valence-corrected chi connectivity index (χ0v) is 9.15. The lowest BCUT2D eigenvalue weighted by atomic mass is 10.0. The molecule has 0 saturated heterocycles. The maximum absolute atomic E-state index is 8.78. The van der Waals surface area contributed by atoms with Crippen LogP contribution in [0.5, 0.6) is 0 Å². The average Bonchev–Trinajstić information content (AvgIpc) is 2.05. The van der Waals surface area contributed by atoms with E-state index in [4.69, 9.17) is 5.26 Å². The molecule has 0 aromatic carbocycles. The van der Waals surface area contributed by atoms with E-state index in [9.17, 15) is 0 Å². The van der Waals surface area contributed by atoms with Crippen LogP contribution in [0.1, 0.15) is 47.0 Å². The first-order valence-electron chi connectivity index (χ1n) is 4.83. The lowest BCUT2D eigenvalue weighted by Gasteiger charge is -2.01. The molecule has 0 aromatic rings. The van der Waals surface area contributed by atoms with E-state index >= 15 is 0 Å². The molecule has 0 saturated carbocycles. The highest BCUT2D eigenvalue weighted by atomic mass is 14.2. The minimum Gasteiger partial charge on any atom is -0.193 e. The summed E-state index contributed by atoms with van der Waals surface area (Å²) in [6.07, 6.45) is 5.15. The molecule has 13 heavy (non-hydrogen) atoms. The summed E-state index contributed by atoms with van der Waals surface area (Å²) in [6, 6.07) is 2.25. The second kappa shape index (κ2) is 6.48. The van der Waals surface area contributed by atoms with Crippen molar-refractivity contribution in [3.8, 4) is 6.07 Å². The van der Waals surface area contributed by atoms with Gasteiger partial charge in [-0.2, -0.15) is 5.26 Å². The number of hydrogen-bond acceptors (Lipinski definition) is 1. The summed E-state index contributed by atoms with van der Waals surface area (Å²) < 4.78 is 0. The van der Waals surface area contributed by atoms with Crippen molar-refractivity contribution in [1.29, 1.82) is 5.26 Å². The van der Waals surface area contributed by atoms with Gasteiger partial charge in [0.2, 0.25) is 0 Å². The Kier molecular flexibility index (Phi) is 5.97. The molecule has 0 aromatic heterocycles. The van der Waals surface area contributed by atoms with E-state index in [-0.39, 0.29) is 0 Å². The van der Waals surface area contributed by atoms with Gasteiger partial charge in [-0.15, -0.1) is 0 Å². The average molecular weight is 177 g/mol. The molecule has 0 bridgehead atoms. The fourth-order valence-electron chi connectivity index (χ4n) is 1.20. The Bertz CT molecular complexity index is 247.